The Balaban J connectivity index is 1.23. The van der Waals surface area contributed by atoms with Crippen molar-refractivity contribution in [3.63, 3.8) is 0 Å². The molecule has 3 atom stereocenters. The van der Waals surface area contributed by atoms with Gasteiger partial charge in [0.1, 0.15) is 5.82 Å². The van der Waals surface area contributed by atoms with Crippen LogP contribution >= 0.6 is 0 Å². The second kappa shape index (κ2) is 11.5. The molecule has 0 aromatic heterocycles. The zero-order chi connectivity index (χ0) is 25.8. The summed E-state index contributed by atoms with van der Waals surface area (Å²) in [5.74, 6) is 2.16. The minimum absolute atomic E-state index is 0.0816. The van der Waals surface area contributed by atoms with E-state index in [9.17, 15) is 4.79 Å². The third-order valence-corrected chi connectivity index (χ3v) is 7.94. The van der Waals surface area contributed by atoms with Crippen LogP contribution in [0.1, 0.15) is 59.3 Å². The number of hydrogen-bond acceptors (Lipinski definition) is 4. The number of carbonyl (C=O) groups is 1. The summed E-state index contributed by atoms with van der Waals surface area (Å²) in [4.78, 5) is 14.4. The molecular formula is C31H43N5O. The Labute approximate surface area is 222 Å². The molecule has 3 unspecified atom stereocenters. The van der Waals surface area contributed by atoms with E-state index in [-0.39, 0.29) is 12.1 Å². The molecule has 198 valence electrons. The molecule has 0 aromatic rings. The number of hydrogen-bond donors (Lipinski definition) is 4. The molecule has 2 aliphatic heterocycles. The standard InChI is InChI=1S/C31H43N5O/c1-21(2)16-23-17-25(19-28(18-23)36-15-14-33-31(36)37)24-8-11-26(12-9-24)34-29-20-27(10-7-22(29)3)35-30-6-4-5-13-32-30/h4-6,8,10,17-18,20-22,26,28,32,34-35H,7,9,11-16,19H2,1-3H3,(H,33,37). The number of nitrogens with one attached hydrogen (secondary N) is 4. The van der Waals surface area contributed by atoms with Crippen LogP contribution in [0.4, 0.5) is 4.79 Å². The van der Waals surface area contributed by atoms with E-state index in [1.807, 2.05) is 4.90 Å². The van der Waals surface area contributed by atoms with Gasteiger partial charge in [0.05, 0.1) is 6.04 Å². The second-order valence-electron chi connectivity index (χ2n) is 11.5. The largest absolute Gasteiger partial charge is 0.385 e. The van der Waals surface area contributed by atoms with Crippen LogP contribution < -0.4 is 21.3 Å². The van der Waals surface area contributed by atoms with Crippen molar-refractivity contribution in [2.45, 2.75) is 71.4 Å². The molecule has 6 heteroatoms. The lowest BCUT2D eigenvalue weighted by Crippen LogP contribution is -2.38. The lowest BCUT2D eigenvalue weighted by Gasteiger charge is -2.33. The summed E-state index contributed by atoms with van der Waals surface area (Å²) in [6.07, 6.45) is 24.4. The van der Waals surface area contributed by atoms with Gasteiger partial charge in [-0.1, -0.05) is 57.2 Å². The molecule has 1 saturated heterocycles. The smallest absolute Gasteiger partial charge is 0.318 e. The van der Waals surface area contributed by atoms with Gasteiger partial charge in [-0.25, -0.2) is 4.79 Å². The van der Waals surface area contributed by atoms with Gasteiger partial charge in [-0.05, 0) is 79.2 Å². The fraction of sp³-hybridized carbons (Fsp3) is 0.516. The molecule has 0 spiro atoms. The third-order valence-electron chi connectivity index (χ3n) is 7.94. The van der Waals surface area contributed by atoms with Crippen LogP contribution in [0.3, 0.4) is 0 Å². The summed E-state index contributed by atoms with van der Waals surface area (Å²) in [6.45, 7) is 9.27. The highest BCUT2D eigenvalue weighted by atomic mass is 16.2. The van der Waals surface area contributed by atoms with Gasteiger partial charge in [0.25, 0.3) is 0 Å². The molecule has 0 radical (unpaired) electrons. The number of allylic oxidation sites excluding steroid dienone is 8. The average molecular weight is 502 g/mol. The second-order valence-corrected chi connectivity index (χ2v) is 11.5. The lowest BCUT2D eigenvalue weighted by molar-refractivity contribution is 0.207. The first kappa shape index (κ1) is 25.5. The molecule has 0 bridgehead atoms. The number of dihydropyridines is 1. The first-order valence-corrected chi connectivity index (χ1v) is 14.2. The monoisotopic (exact) mass is 501 g/mol. The summed E-state index contributed by atoms with van der Waals surface area (Å²) in [7, 11) is 0. The maximum atomic E-state index is 12.4. The summed E-state index contributed by atoms with van der Waals surface area (Å²) in [5, 5.41) is 13.8. The number of amides is 2. The Kier molecular flexibility index (Phi) is 7.92. The van der Waals surface area contributed by atoms with Crippen LogP contribution in [0.2, 0.25) is 0 Å². The van der Waals surface area contributed by atoms with E-state index >= 15 is 0 Å². The van der Waals surface area contributed by atoms with Crippen LogP contribution in [0, 0.1) is 11.8 Å². The Bertz CT molecular complexity index is 1100. The molecule has 4 N–H and O–H groups in total. The van der Waals surface area contributed by atoms with E-state index in [0.29, 0.717) is 17.9 Å². The molecule has 2 heterocycles. The zero-order valence-electron chi connectivity index (χ0n) is 22.6. The highest BCUT2D eigenvalue weighted by molar-refractivity contribution is 5.77. The highest BCUT2D eigenvalue weighted by Gasteiger charge is 2.30. The maximum Gasteiger partial charge on any atom is 0.318 e. The van der Waals surface area contributed by atoms with Gasteiger partial charge in [-0.15, -0.1) is 0 Å². The first-order valence-electron chi connectivity index (χ1n) is 14.2. The van der Waals surface area contributed by atoms with E-state index in [2.05, 4.69) is 90.6 Å². The minimum atomic E-state index is 0.0816. The Morgan fingerprint density at radius 3 is 2.73 bits per heavy atom. The predicted octanol–water partition coefficient (Wildman–Crippen LogP) is 5.15. The van der Waals surface area contributed by atoms with E-state index < -0.39 is 0 Å². The van der Waals surface area contributed by atoms with E-state index in [4.69, 9.17) is 0 Å². The molecule has 37 heavy (non-hydrogen) atoms. The molecule has 6 nitrogen and oxygen atoms in total. The van der Waals surface area contributed by atoms with Crippen LogP contribution in [0.5, 0.6) is 0 Å². The average Bonchev–Trinajstić information content (AvgIpc) is 3.32. The molecule has 5 aliphatic rings. The van der Waals surface area contributed by atoms with Crippen LogP contribution in [-0.4, -0.2) is 42.6 Å². The maximum absolute atomic E-state index is 12.4. The van der Waals surface area contributed by atoms with Gasteiger partial charge in [-0.2, -0.15) is 0 Å². The summed E-state index contributed by atoms with van der Waals surface area (Å²) < 4.78 is 0. The molecule has 2 amide bonds. The van der Waals surface area contributed by atoms with Crippen molar-refractivity contribution in [3.05, 3.63) is 82.5 Å². The van der Waals surface area contributed by atoms with Gasteiger partial charge in [0.15, 0.2) is 0 Å². The highest BCUT2D eigenvalue weighted by Crippen LogP contribution is 2.35. The summed E-state index contributed by atoms with van der Waals surface area (Å²) >= 11 is 0. The van der Waals surface area contributed by atoms with Crippen LogP contribution in [0.25, 0.3) is 0 Å². The minimum Gasteiger partial charge on any atom is -0.385 e. The fourth-order valence-corrected chi connectivity index (χ4v) is 5.95. The first-order chi connectivity index (χ1) is 17.9. The van der Waals surface area contributed by atoms with Crippen molar-refractivity contribution >= 4 is 6.03 Å². The van der Waals surface area contributed by atoms with Crippen molar-refractivity contribution < 1.29 is 4.79 Å². The molecule has 5 rings (SSSR count). The Hall–Kier alpha value is -3.15. The lowest BCUT2D eigenvalue weighted by atomic mass is 9.82. The number of carbonyl (C=O) groups excluding carboxylic acids is 1. The topological polar surface area (TPSA) is 68.4 Å². The third kappa shape index (κ3) is 6.41. The van der Waals surface area contributed by atoms with Crippen molar-refractivity contribution in [2.75, 3.05) is 19.6 Å². The zero-order valence-corrected chi connectivity index (χ0v) is 22.6. The van der Waals surface area contributed by atoms with Crippen LogP contribution in [0.15, 0.2) is 82.5 Å². The molecule has 1 fully saturated rings. The number of urea groups is 1. The number of rotatable bonds is 8. The van der Waals surface area contributed by atoms with Crippen molar-refractivity contribution in [2.24, 2.45) is 11.8 Å². The van der Waals surface area contributed by atoms with Crippen molar-refractivity contribution in [1.29, 1.82) is 0 Å². The summed E-state index contributed by atoms with van der Waals surface area (Å²) in [6, 6.07) is 0.711. The Morgan fingerprint density at radius 1 is 1.14 bits per heavy atom. The van der Waals surface area contributed by atoms with Crippen LogP contribution in [-0.2, 0) is 0 Å². The van der Waals surface area contributed by atoms with Gasteiger partial charge < -0.3 is 26.2 Å². The predicted molar refractivity (Wildman–Crippen MR) is 151 cm³/mol. The number of nitrogens with zero attached hydrogens (tertiary/aromatic N) is 1. The molecule has 0 aromatic carbocycles. The Morgan fingerprint density at radius 2 is 2.03 bits per heavy atom. The van der Waals surface area contributed by atoms with Gasteiger partial charge in [0.2, 0.25) is 0 Å². The SMILES string of the molecule is CC(C)CC1=CC(N2CCNC2=O)CC(C2=CCC(NC3=CC(NC4=CC=CCN4)=CCC3C)CC2)=C1. The molecule has 0 saturated carbocycles. The summed E-state index contributed by atoms with van der Waals surface area (Å²) in [5.41, 5.74) is 6.79. The quantitative estimate of drug-likeness (QED) is 0.371. The van der Waals surface area contributed by atoms with E-state index in [1.54, 1.807) is 0 Å². The normalized spacial score (nSPS) is 27.8. The van der Waals surface area contributed by atoms with Gasteiger partial charge >= 0.3 is 6.03 Å². The van der Waals surface area contributed by atoms with Gasteiger partial charge in [0, 0.05) is 37.1 Å². The van der Waals surface area contributed by atoms with Crippen molar-refractivity contribution in [3.8, 4) is 0 Å². The molecular weight excluding hydrogens is 458 g/mol. The fourth-order valence-electron chi connectivity index (χ4n) is 5.95. The molecule has 3 aliphatic carbocycles. The van der Waals surface area contributed by atoms with E-state index in [1.165, 1.54) is 22.4 Å². The van der Waals surface area contributed by atoms with Crippen molar-refractivity contribution in [1.82, 2.24) is 26.2 Å². The van der Waals surface area contributed by atoms with E-state index in [0.717, 1.165) is 69.7 Å². The van der Waals surface area contributed by atoms with Gasteiger partial charge in [-0.3, -0.25) is 0 Å².